The third-order valence-corrected chi connectivity index (χ3v) is 8.34. The van der Waals surface area contributed by atoms with Gasteiger partial charge < -0.3 is 4.74 Å². The van der Waals surface area contributed by atoms with Crippen LogP contribution in [0.2, 0.25) is 5.02 Å². The molecule has 1 aliphatic heterocycles. The van der Waals surface area contributed by atoms with E-state index < -0.39 is 15.9 Å². The van der Waals surface area contributed by atoms with Gasteiger partial charge in [-0.15, -0.1) is 0 Å². The van der Waals surface area contributed by atoms with Crippen LogP contribution in [0.15, 0.2) is 100 Å². The van der Waals surface area contributed by atoms with Gasteiger partial charge in [0, 0.05) is 27.9 Å². The van der Waals surface area contributed by atoms with Crippen molar-refractivity contribution in [3.63, 3.8) is 0 Å². The van der Waals surface area contributed by atoms with E-state index in [0.717, 1.165) is 40.8 Å². The van der Waals surface area contributed by atoms with E-state index in [0.29, 0.717) is 9.50 Å². The van der Waals surface area contributed by atoms with Crippen LogP contribution in [-0.2, 0) is 22.9 Å². The molecule has 0 saturated heterocycles. The minimum absolute atomic E-state index is 0.00616. The standard InChI is InChI=1S/C29H23BrClNO4S/c1-29(17-19-8-11-25(31)12-9-19)18-23-15-21(10-13-27(23)36-29)20-4-2-5-22(14-20)28(33)32-37(34,35)26-7-3-6-24(30)16-26/h2-16H,17-18H2,1H3,(H,32,33). The first kappa shape index (κ1) is 25.5. The fourth-order valence-electron chi connectivity index (χ4n) is 4.55. The Hall–Kier alpha value is -3.13. The average Bonchev–Trinajstić information content (AvgIpc) is 3.20. The van der Waals surface area contributed by atoms with Gasteiger partial charge >= 0.3 is 0 Å². The Kier molecular flexibility index (Phi) is 6.88. The van der Waals surface area contributed by atoms with E-state index in [1.54, 1.807) is 30.3 Å². The normalized spacial score (nSPS) is 16.6. The quantitative estimate of drug-likeness (QED) is 0.265. The molecule has 0 saturated carbocycles. The molecule has 0 fully saturated rings. The van der Waals surface area contributed by atoms with Crippen LogP contribution in [-0.4, -0.2) is 19.9 Å². The van der Waals surface area contributed by atoms with Crippen LogP contribution in [0.3, 0.4) is 0 Å². The number of amides is 1. The van der Waals surface area contributed by atoms with Crippen molar-refractivity contribution >= 4 is 43.5 Å². The van der Waals surface area contributed by atoms with Crippen molar-refractivity contribution in [2.24, 2.45) is 0 Å². The Morgan fingerprint density at radius 1 is 0.973 bits per heavy atom. The lowest BCUT2D eigenvalue weighted by atomic mass is 9.91. The minimum atomic E-state index is -4.01. The fourth-order valence-corrected chi connectivity index (χ4v) is 6.24. The number of ether oxygens (including phenoxy) is 1. The topological polar surface area (TPSA) is 72.5 Å². The van der Waals surface area contributed by atoms with Gasteiger partial charge in [-0.25, -0.2) is 13.1 Å². The molecule has 1 atom stereocenters. The molecule has 0 aromatic heterocycles. The van der Waals surface area contributed by atoms with Crippen molar-refractivity contribution in [3.05, 3.63) is 117 Å². The molecule has 0 spiro atoms. The van der Waals surface area contributed by atoms with E-state index in [2.05, 4.69) is 33.6 Å². The van der Waals surface area contributed by atoms with Gasteiger partial charge in [-0.3, -0.25) is 4.79 Å². The van der Waals surface area contributed by atoms with Crippen molar-refractivity contribution in [2.45, 2.75) is 30.3 Å². The van der Waals surface area contributed by atoms with Gasteiger partial charge in [0.15, 0.2) is 0 Å². The molecule has 1 heterocycles. The van der Waals surface area contributed by atoms with Crippen LogP contribution >= 0.6 is 27.5 Å². The second-order valence-corrected chi connectivity index (χ2v) is 12.4. The van der Waals surface area contributed by atoms with Crippen LogP contribution in [0.5, 0.6) is 5.75 Å². The number of fused-ring (bicyclic) bond motifs is 1. The molecule has 0 bridgehead atoms. The van der Waals surface area contributed by atoms with Crippen LogP contribution in [0.25, 0.3) is 11.1 Å². The lowest BCUT2D eigenvalue weighted by molar-refractivity contribution is 0.0981. The lowest BCUT2D eigenvalue weighted by Gasteiger charge is -2.24. The second-order valence-electron chi connectivity index (χ2n) is 9.33. The highest BCUT2D eigenvalue weighted by atomic mass is 79.9. The molecule has 1 unspecified atom stereocenters. The maximum atomic E-state index is 12.8. The highest BCUT2D eigenvalue weighted by molar-refractivity contribution is 9.10. The van der Waals surface area contributed by atoms with Crippen LogP contribution in [0.4, 0.5) is 0 Å². The molecule has 0 radical (unpaired) electrons. The number of benzene rings is 4. The zero-order valence-electron chi connectivity index (χ0n) is 19.9. The number of nitrogens with one attached hydrogen (secondary N) is 1. The van der Waals surface area contributed by atoms with Crippen molar-refractivity contribution < 1.29 is 17.9 Å². The smallest absolute Gasteiger partial charge is 0.265 e. The number of halogens is 2. The first-order chi connectivity index (χ1) is 17.6. The number of carbonyl (C=O) groups excluding carboxylic acids is 1. The van der Waals surface area contributed by atoms with Crippen molar-refractivity contribution in [2.75, 3.05) is 0 Å². The zero-order chi connectivity index (χ0) is 26.2. The van der Waals surface area contributed by atoms with E-state index >= 15 is 0 Å². The highest BCUT2D eigenvalue weighted by Crippen LogP contribution is 2.39. The molecule has 4 aromatic carbocycles. The van der Waals surface area contributed by atoms with Gasteiger partial charge in [0.2, 0.25) is 0 Å². The van der Waals surface area contributed by atoms with E-state index in [-0.39, 0.29) is 16.1 Å². The van der Waals surface area contributed by atoms with E-state index in [9.17, 15) is 13.2 Å². The van der Waals surface area contributed by atoms with Gasteiger partial charge in [0.05, 0.1) is 4.90 Å². The summed E-state index contributed by atoms with van der Waals surface area (Å²) >= 11 is 9.28. The highest BCUT2D eigenvalue weighted by Gasteiger charge is 2.35. The number of carbonyl (C=O) groups is 1. The van der Waals surface area contributed by atoms with Crippen molar-refractivity contribution in [1.82, 2.24) is 4.72 Å². The van der Waals surface area contributed by atoms with Crippen molar-refractivity contribution in [3.8, 4) is 16.9 Å². The largest absolute Gasteiger partial charge is 0.487 e. The van der Waals surface area contributed by atoms with Gasteiger partial charge in [0.1, 0.15) is 11.4 Å². The number of hydrogen-bond acceptors (Lipinski definition) is 4. The monoisotopic (exact) mass is 595 g/mol. The SMILES string of the molecule is CC1(Cc2ccc(Cl)cc2)Cc2cc(-c3cccc(C(=O)NS(=O)(=O)c4cccc(Br)c4)c3)ccc2O1. The van der Waals surface area contributed by atoms with E-state index in [1.165, 1.54) is 12.1 Å². The summed E-state index contributed by atoms with van der Waals surface area (Å²) in [6.45, 7) is 2.10. The summed E-state index contributed by atoms with van der Waals surface area (Å²) in [7, 11) is -4.01. The number of hydrogen-bond donors (Lipinski definition) is 1. The van der Waals surface area contributed by atoms with E-state index in [1.807, 2.05) is 42.5 Å². The Morgan fingerprint density at radius 3 is 2.46 bits per heavy atom. The summed E-state index contributed by atoms with van der Waals surface area (Å²) in [5.74, 6) is 0.149. The molecular weight excluding hydrogens is 574 g/mol. The molecule has 8 heteroatoms. The van der Waals surface area contributed by atoms with Crippen LogP contribution in [0.1, 0.15) is 28.4 Å². The Balaban J connectivity index is 1.34. The molecule has 4 aromatic rings. The molecule has 37 heavy (non-hydrogen) atoms. The van der Waals surface area contributed by atoms with Gasteiger partial charge in [-0.1, -0.05) is 63.9 Å². The van der Waals surface area contributed by atoms with Crippen molar-refractivity contribution in [1.29, 1.82) is 0 Å². The predicted molar refractivity (Wildman–Crippen MR) is 149 cm³/mol. The van der Waals surface area contributed by atoms with Gasteiger partial charge in [0.25, 0.3) is 15.9 Å². The van der Waals surface area contributed by atoms with Gasteiger partial charge in [-0.05, 0) is 83.8 Å². The molecule has 1 aliphatic rings. The summed E-state index contributed by atoms with van der Waals surface area (Å²) in [6.07, 6.45) is 1.49. The Morgan fingerprint density at radius 2 is 1.70 bits per heavy atom. The van der Waals surface area contributed by atoms with Crippen LogP contribution in [0, 0.1) is 0 Å². The van der Waals surface area contributed by atoms with Gasteiger partial charge in [-0.2, -0.15) is 0 Å². The fraction of sp³-hybridized carbons (Fsp3) is 0.138. The summed E-state index contributed by atoms with van der Waals surface area (Å²) in [5.41, 5.74) is 3.83. The Bertz CT molecular complexity index is 1600. The second kappa shape index (κ2) is 9.97. The average molecular weight is 597 g/mol. The molecule has 5 rings (SSSR count). The third-order valence-electron chi connectivity index (χ3n) is 6.26. The molecule has 5 nitrogen and oxygen atoms in total. The molecule has 1 amide bonds. The molecule has 188 valence electrons. The van der Waals surface area contributed by atoms with Crippen LogP contribution < -0.4 is 9.46 Å². The minimum Gasteiger partial charge on any atom is -0.487 e. The number of sulfonamides is 1. The first-order valence-electron chi connectivity index (χ1n) is 11.6. The lowest BCUT2D eigenvalue weighted by Crippen LogP contribution is -2.32. The number of rotatable bonds is 6. The maximum Gasteiger partial charge on any atom is 0.265 e. The summed E-state index contributed by atoms with van der Waals surface area (Å²) in [4.78, 5) is 12.8. The molecular formula is C29H23BrClNO4S. The maximum absolute atomic E-state index is 12.8. The zero-order valence-corrected chi connectivity index (χ0v) is 23.0. The summed E-state index contributed by atoms with van der Waals surface area (Å²) in [6, 6.07) is 26.9. The molecule has 1 N–H and O–H groups in total. The summed E-state index contributed by atoms with van der Waals surface area (Å²) < 4.78 is 34.5. The predicted octanol–water partition coefficient (Wildman–Crippen LogP) is 6.82. The first-order valence-corrected chi connectivity index (χ1v) is 14.3. The third kappa shape index (κ3) is 5.74. The Labute approximate surface area is 229 Å². The van der Waals surface area contributed by atoms with E-state index in [4.69, 9.17) is 16.3 Å². The molecule has 0 aliphatic carbocycles. The summed E-state index contributed by atoms with van der Waals surface area (Å²) in [5, 5.41) is 0.704.